The zero-order chi connectivity index (χ0) is 31.8. The van der Waals surface area contributed by atoms with Gasteiger partial charge in [-0.05, 0) is 70.1 Å². The highest BCUT2D eigenvalue weighted by atomic mass is 16.6. The van der Waals surface area contributed by atoms with Gasteiger partial charge in [-0.2, -0.15) is 0 Å². The van der Waals surface area contributed by atoms with Crippen molar-refractivity contribution in [3.05, 3.63) is 97.9 Å². The van der Waals surface area contributed by atoms with Gasteiger partial charge in [0, 0.05) is 35.2 Å². The number of dihydropyridines is 1. The molecule has 0 saturated carbocycles. The average Bonchev–Trinajstić information content (AvgIpc) is 3.45. The van der Waals surface area contributed by atoms with Gasteiger partial charge in [-0.1, -0.05) is 30.3 Å². The number of methoxy groups -OCH3 is 1. The summed E-state index contributed by atoms with van der Waals surface area (Å²) in [4.78, 5) is 37.1. The van der Waals surface area contributed by atoms with E-state index in [1.807, 2.05) is 12.1 Å². The minimum absolute atomic E-state index is 0.147. The molecule has 11 nitrogen and oxygen atoms in total. The number of allylic oxidation sites excluding steroid dienone is 2. The number of carbonyl (C=O) groups is 2. The maximum atomic E-state index is 13.4. The Labute approximate surface area is 256 Å². The minimum atomic E-state index is -0.884. The van der Waals surface area contributed by atoms with Crippen LogP contribution >= 0.6 is 0 Å². The number of nitro groups is 1. The molecule has 3 aromatic rings. The quantitative estimate of drug-likeness (QED) is 0.101. The molecule has 0 fully saturated rings. The Morgan fingerprint density at radius 3 is 2.18 bits per heavy atom. The molecule has 2 aromatic carbocycles. The number of nitrogens with one attached hydrogen (secondary N) is 2. The van der Waals surface area contributed by atoms with Crippen molar-refractivity contribution in [2.24, 2.45) is 0 Å². The van der Waals surface area contributed by atoms with E-state index in [0.29, 0.717) is 35.9 Å². The number of unbranched alkanes of at least 4 members (excludes halogenated alkanes) is 3. The van der Waals surface area contributed by atoms with Gasteiger partial charge < -0.3 is 19.5 Å². The molecular weight excluding hydrogens is 564 g/mol. The van der Waals surface area contributed by atoms with Crippen LogP contribution in [0.15, 0.2) is 71.1 Å². The number of benzene rings is 2. The van der Waals surface area contributed by atoms with Gasteiger partial charge in [-0.15, -0.1) is 5.10 Å². The summed E-state index contributed by atoms with van der Waals surface area (Å²) >= 11 is 0. The number of ether oxygens (including phenoxy) is 3. The maximum absolute atomic E-state index is 13.4. The fourth-order valence-corrected chi connectivity index (χ4v) is 5.52. The first kappa shape index (κ1) is 32.0. The SMILES string of the molecule is COC(=O)C1=C(C)NC(C)=C(C(=O)OCCCCCCOc2cc(-c3c(C)cccc3C)[nH]n2)C1c1cccc([N+](=O)[O-])c1. The first-order chi connectivity index (χ1) is 21.1. The summed E-state index contributed by atoms with van der Waals surface area (Å²) in [7, 11) is 1.25. The summed E-state index contributed by atoms with van der Waals surface area (Å²) in [5.41, 5.74) is 6.08. The molecule has 0 radical (unpaired) electrons. The summed E-state index contributed by atoms with van der Waals surface area (Å²) < 4.78 is 16.4. The summed E-state index contributed by atoms with van der Waals surface area (Å²) in [6, 6.07) is 14.0. The number of aromatic nitrogens is 2. The van der Waals surface area contributed by atoms with Gasteiger partial charge in [-0.25, -0.2) is 9.59 Å². The van der Waals surface area contributed by atoms with Crippen LogP contribution in [0.2, 0.25) is 0 Å². The smallest absolute Gasteiger partial charge is 0.336 e. The van der Waals surface area contributed by atoms with Crippen LogP contribution in [0.4, 0.5) is 5.69 Å². The summed E-state index contributed by atoms with van der Waals surface area (Å²) in [6.07, 6.45) is 3.15. The number of nitro benzene ring substituents is 1. The van der Waals surface area contributed by atoms with Gasteiger partial charge in [0.1, 0.15) is 0 Å². The van der Waals surface area contributed by atoms with Crippen LogP contribution in [-0.4, -0.2) is 47.4 Å². The molecule has 232 valence electrons. The number of hydrogen-bond acceptors (Lipinski definition) is 9. The van der Waals surface area contributed by atoms with E-state index < -0.39 is 22.8 Å². The Balaban J connectivity index is 1.29. The van der Waals surface area contributed by atoms with Crippen molar-refractivity contribution in [2.45, 2.75) is 59.3 Å². The Bertz CT molecular complexity index is 1580. The van der Waals surface area contributed by atoms with Gasteiger partial charge in [0.15, 0.2) is 0 Å². The highest BCUT2D eigenvalue weighted by molar-refractivity contribution is 5.99. The lowest BCUT2D eigenvalue weighted by atomic mass is 9.80. The topological polar surface area (TPSA) is 146 Å². The molecular formula is C33H38N4O7. The molecule has 1 aliphatic rings. The molecule has 0 saturated heterocycles. The monoisotopic (exact) mass is 602 g/mol. The molecule has 0 amide bonds. The van der Waals surface area contributed by atoms with E-state index in [-0.39, 0.29) is 23.4 Å². The molecule has 11 heteroatoms. The van der Waals surface area contributed by atoms with Gasteiger partial charge in [-0.3, -0.25) is 15.2 Å². The van der Waals surface area contributed by atoms with E-state index in [9.17, 15) is 19.7 Å². The predicted octanol–water partition coefficient (Wildman–Crippen LogP) is 6.19. The van der Waals surface area contributed by atoms with Crippen molar-refractivity contribution in [1.29, 1.82) is 0 Å². The van der Waals surface area contributed by atoms with Gasteiger partial charge in [0.25, 0.3) is 5.69 Å². The molecule has 2 N–H and O–H groups in total. The van der Waals surface area contributed by atoms with E-state index >= 15 is 0 Å². The van der Waals surface area contributed by atoms with Crippen molar-refractivity contribution >= 4 is 17.6 Å². The summed E-state index contributed by atoms with van der Waals surface area (Å²) in [5, 5.41) is 21.9. The van der Waals surface area contributed by atoms with Crippen LogP contribution in [0.25, 0.3) is 11.3 Å². The number of aryl methyl sites for hydroxylation is 2. The third-order valence-corrected chi connectivity index (χ3v) is 7.63. The van der Waals surface area contributed by atoms with Crippen molar-refractivity contribution in [2.75, 3.05) is 20.3 Å². The number of H-pyrrole nitrogens is 1. The molecule has 1 atom stereocenters. The molecule has 0 aliphatic carbocycles. The Morgan fingerprint density at radius 2 is 1.52 bits per heavy atom. The number of carbonyl (C=O) groups excluding carboxylic acids is 2. The van der Waals surface area contributed by atoms with E-state index in [1.54, 1.807) is 19.9 Å². The van der Waals surface area contributed by atoms with Crippen LogP contribution in [0.3, 0.4) is 0 Å². The molecule has 0 spiro atoms. The van der Waals surface area contributed by atoms with E-state index in [2.05, 4.69) is 41.5 Å². The number of esters is 2. The molecule has 1 unspecified atom stereocenters. The number of rotatable bonds is 13. The summed E-state index contributed by atoms with van der Waals surface area (Å²) in [6.45, 7) is 8.25. The lowest BCUT2D eigenvalue weighted by Gasteiger charge is -2.30. The second-order valence-corrected chi connectivity index (χ2v) is 10.8. The van der Waals surface area contributed by atoms with Crippen LogP contribution in [0.5, 0.6) is 5.88 Å². The first-order valence-corrected chi connectivity index (χ1v) is 14.6. The summed E-state index contributed by atoms with van der Waals surface area (Å²) in [5.74, 6) is -1.56. The van der Waals surface area contributed by atoms with Crippen molar-refractivity contribution in [1.82, 2.24) is 15.5 Å². The van der Waals surface area contributed by atoms with Crippen molar-refractivity contribution in [3.63, 3.8) is 0 Å². The molecule has 1 aromatic heterocycles. The van der Waals surface area contributed by atoms with Gasteiger partial charge in [0.2, 0.25) is 5.88 Å². The molecule has 0 bridgehead atoms. The zero-order valence-electron chi connectivity index (χ0n) is 25.7. The van der Waals surface area contributed by atoms with Crippen molar-refractivity contribution < 1.29 is 28.7 Å². The van der Waals surface area contributed by atoms with E-state index in [0.717, 1.165) is 30.5 Å². The Kier molecular flexibility index (Phi) is 10.5. The number of nitrogens with zero attached hydrogens (tertiary/aromatic N) is 2. The minimum Gasteiger partial charge on any atom is -0.477 e. The fourth-order valence-electron chi connectivity index (χ4n) is 5.52. The second kappa shape index (κ2) is 14.5. The third kappa shape index (κ3) is 7.34. The lowest BCUT2D eigenvalue weighted by Crippen LogP contribution is -2.32. The number of aromatic amines is 1. The molecule has 2 heterocycles. The average molecular weight is 603 g/mol. The fraction of sp³-hybridized carbons (Fsp3) is 0.364. The van der Waals surface area contributed by atoms with Gasteiger partial charge >= 0.3 is 11.9 Å². The Hall–Kier alpha value is -4.93. The van der Waals surface area contributed by atoms with Crippen LogP contribution in [0.1, 0.15) is 62.1 Å². The van der Waals surface area contributed by atoms with Crippen LogP contribution in [-0.2, 0) is 19.1 Å². The van der Waals surface area contributed by atoms with Crippen LogP contribution in [0, 0.1) is 24.0 Å². The molecule has 4 rings (SSSR count). The standard InChI is InChI=1S/C33H38N4O7/c1-20-12-10-13-21(2)28(20)26-19-27(36-35-26)43-16-8-6-7-9-17-44-33(39)30-23(4)34-22(3)29(32(38)42-5)31(30)24-14-11-15-25(18-24)37(40)41/h10-15,18-19,31,34H,6-9,16-17H2,1-5H3,(H,35,36). The maximum Gasteiger partial charge on any atom is 0.336 e. The van der Waals surface area contributed by atoms with Crippen molar-refractivity contribution in [3.8, 4) is 17.1 Å². The lowest BCUT2D eigenvalue weighted by molar-refractivity contribution is -0.384. The Morgan fingerprint density at radius 1 is 0.886 bits per heavy atom. The number of non-ortho nitro benzene ring substituents is 1. The highest BCUT2D eigenvalue weighted by Crippen LogP contribution is 2.40. The third-order valence-electron chi connectivity index (χ3n) is 7.63. The van der Waals surface area contributed by atoms with Gasteiger partial charge in [0.05, 0.1) is 48.0 Å². The normalized spacial score (nSPS) is 14.7. The highest BCUT2D eigenvalue weighted by Gasteiger charge is 2.38. The predicted molar refractivity (Wildman–Crippen MR) is 165 cm³/mol. The number of hydrogen-bond donors (Lipinski definition) is 2. The van der Waals surface area contributed by atoms with E-state index in [1.165, 1.54) is 36.4 Å². The molecule has 1 aliphatic heterocycles. The molecule has 44 heavy (non-hydrogen) atoms. The van der Waals surface area contributed by atoms with E-state index in [4.69, 9.17) is 14.2 Å². The van der Waals surface area contributed by atoms with Crippen LogP contribution < -0.4 is 10.1 Å². The zero-order valence-corrected chi connectivity index (χ0v) is 25.7. The largest absolute Gasteiger partial charge is 0.477 e. The first-order valence-electron chi connectivity index (χ1n) is 14.6. The second-order valence-electron chi connectivity index (χ2n) is 10.8.